The van der Waals surface area contributed by atoms with Crippen molar-refractivity contribution in [3.63, 3.8) is 0 Å². The van der Waals surface area contributed by atoms with E-state index in [0.29, 0.717) is 6.54 Å². The molecule has 0 aliphatic heterocycles. The molecule has 0 aromatic rings. The van der Waals surface area contributed by atoms with Crippen LogP contribution >= 0.6 is 11.8 Å². The second-order valence-electron chi connectivity index (χ2n) is 4.85. The Morgan fingerprint density at radius 2 is 1.95 bits per heavy atom. The van der Waals surface area contributed by atoms with Gasteiger partial charge in [0.25, 0.3) is 0 Å². The quantitative estimate of drug-likeness (QED) is 0.556. The maximum absolute atomic E-state index is 11.5. The summed E-state index contributed by atoms with van der Waals surface area (Å²) in [7, 11) is 0. The fourth-order valence-electron chi connectivity index (χ4n) is 2.22. The molecule has 6 nitrogen and oxygen atoms in total. The number of carbonyl (C=O) groups is 2. The average Bonchev–Trinajstić information content (AvgIpc) is 2.85. The van der Waals surface area contributed by atoms with Crippen molar-refractivity contribution in [2.45, 2.75) is 43.0 Å². The standard InChI is InChI=1S/C12H22N2O4S/c1-19-12(5-2-3-6-12)8-14-11(18)13-7-4-9(15)10(16)17/h9,15H,2-8H2,1H3,(H,16,17)(H2,13,14,18). The molecule has 110 valence electrons. The predicted molar refractivity (Wildman–Crippen MR) is 74.4 cm³/mol. The third-order valence-electron chi connectivity index (χ3n) is 3.51. The maximum atomic E-state index is 11.5. The van der Waals surface area contributed by atoms with E-state index in [0.717, 1.165) is 12.8 Å². The molecular weight excluding hydrogens is 268 g/mol. The van der Waals surface area contributed by atoms with Gasteiger partial charge in [-0.25, -0.2) is 9.59 Å². The van der Waals surface area contributed by atoms with E-state index in [-0.39, 0.29) is 23.7 Å². The first-order chi connectivity index (χ1) is 8.99. The summed E-state index contributed by atoms with van der Waals surface area (Å²) in [6.45, 7) is 0.771. The number of aliphatic hydroxyl groups excluding tert-OH is 1. The molecule has 0 heterocycles. The van der Waals surface area contributed by atoms with E-state index in [1.54, 1.807) is 11.8 Å². The topological polar surface area (TPSA) is 98.7 Å². The van der Waals surface area contributed by atoms with Gasteiger partial charge in [0.1, 0.15) is 0 Å². The van der Waals surface area contributed by atoms with Gasteiger partial charge >= 0.3 is 12.0 Å². The first-order valence-corrected chi connectivity index (χ1v) is 7.69. The lowest BCUT2D eigenvalue weighted by Crippen LogP contribution is -2.44. The van der Waals surface area contributed by atoms with Crippen LogP contribution in [-0.2, 0) is 4.79 Å². The fraction of sp³-hybridized carbons (Fsp3) is 0.833. The molecule has 19 heavy (non-hydrogen) atoms. The average molecular weight is 290 g/mol. The zero-order chi connectivity index (χ0) is 14.3. The van der Waals surface area contributed by atoms with Crippen molar-refractivity contribution in [2.75, 3.05) is 19.3 Å². The van der Waals surface area contributed by atoms with Gasteiger partial charge in [-0.1, -0.05) is 12.8 Å². The van der Waals surface area contributed by atoms with E-state index in [2.05, 4.69) is 16.9 Å². The number of hydrogen-bond donors (Lipinski definition) is 4. The van der Waals surface area contributed by atoms with E-state index in [9.17, 15) is 9.59 Å². The van der Waals surface area contributed by atoms with Crippen LogP contribution < -0.4 is 10.6 Å². The highest BCUT2D eigenvalue weighted by molar-refractivity contribution is 8.00. The third kappa shape index (κ3) is 5.28. The van der Waals surface area contributed by atoms with Crippen molar-refractivity contribution >= 4 is 23.8 Å². The van der Waals surface area contributed by atoms with E-state index in [4.69, 9.17) is 10.2 Å². The lowest BCUT2D eigenvalue weighted by atomic mass is 10.1. The Morgan fingerprint density at radius 1 is 1.32 bits per heavy atom. The van der Waals surface area contributed by atoms with Crippen LogP contribution in [0.3, 0.4) is 0 Å². The summed E-state index contributed by atoms with van der Waals surface area (Å²) >= 11 is 1.79. The second-order valence-corrected chi connectivity index (χ2v) is 6.12. The van der Waals surface area contributed by atoms with Gasteiger partial charge in [-0.2, -0.15) is 11.8 Å². The highest BCUT2D eigenvalue weighted by Crippen LogP contribution is 2.39. The van der Waals surface area contributed by atoms with Crippen molar-refractivity contribution < 1.29 is 19.8 Å². The number of rotatable bonds is 7. The highest BCUT2D eigenvalue weighted by Gasteiger charge is 2.33. The molecule has 0 aromatic heterocycles. The van der Waals surface area contributed by atoms with Crippen LogP contribution in [0.15, 0.2) is 0 Å². The molecule has 0 saturated heterocycles. The van der Waals surface area contributed by atoms with Gasteiger partial charge in [0, 0.05) is 24.3 Å². The summed E-state index contributed by atoms with van der Waals surface area (Å²) in [5, 5.41) is 22.9. The lowest BCUT2D eigenvalue weighted by molar-refractivity contribution is -0.146. The first kappa shape index (κ1) is 16.1. The van der Waals surface area contributed by atoms with Crippen molar-refractivity contribution in [2.24, 2.45) is 0 Å². The molecule has 0 radical (unpaired) electrons. The van der Waals surface area contributed by atoms with Crippen LogP contribution in [0, 0.1) is 0 Å². The number of hydrogen-bond acceptors (Lipinski definition) is 4. The van der Waals surface area contributed by atoms with Crippen LogP contribution in [0.25, 0.3) is 0 Å². The van der Waals surface area contributed by atoms with Gasteiger partial charge in [-0.15, -0.1) is 0 Å². The summed E-state index contributed by atoms with van der Waals surface area (Å²) in [5.41, 5.74) is 0. The minimum Gasteiger partial charge on any atom is -0.479 e. The van der Waals surface area contributed by atoms with E-state index < -0.39 is 12.1 Å². The number of nitrogens with one attached hydrogen (secondary N) is 2. The Morgan fingerprint density at radius 3 is 2.47 bits per heavy atom. The number of carboxylic acids is 1. The fourth-order valence-corrected chi connectivity index (χ4v) is 3.14. The molecule has 0 bridgehead atoms. The Hall–Kier alpha value is -0.950. The third-order valence-corrected chi connectivity index (χ3v) is 4.93. The van der Waals surface area contributed by atoms with E-state index >= 15 is 0 Å². The number of carboxylic acid groups (broad SMARTS) is 1. The monoisotopic (exact) mass is 290 g/mol. The Bertz CT molecular complexity index is 319. The van der Waals surface area contributed by atoms with Crippen LogP contribution in [0.1, 0.15) is 32.1 Å². The van der Waals surface area contributed by atoms with Crippen LogP contribution in [0.5, 0.6) is 0 Å². The molecule has 0 spiro atoms. The van der Waals surface area contributed by atoms with Crippen LogP contribution in [0.2, 0.25) is 0 Å². The SMILES string of the molecule is CSC1(CNC(=O)NCCC(O)C(=O)O)CCCC1. The lowest BCUT2D eigenvalue weighted by Gasteiger charge is -2.26. The summed E-state index contributed by atoms with van der Waals surface area (Å²) in [6.07, 6.45) is 5.29. The van der Waals surface area contributed by atoms with Crippen molar-refractivity contribution in [1.29, 1.82) is 0 Å². The van der Waals surface area contributed by atoms with Crippen molar-refractivity contribution in [1.82, 2.24) is 10.6 Å². The molecule has 2 amide bonds. The summed E-state index contributed by atoms with van der Waals surface area (Å²) in [5.74, 6) is -1.27. The molecule has 4 N–H and O–H groups in total. The minimum absolute atomic E-state index is 0.0103. The van der Waals surface area contributed by atoms with Gasteiger partial charge in [0.2, 0.25) is 0 Å². The number of carbonyl (C=O) groups excluding carboxylic acids is 1. The summed E-state index contributed by atoms with van der Waals surface area (Å²) in [4.78, 5) is 21.9. The van der Waals surface area contributed by atoms with Gasteiger partial charge in [-0.3, -0.25) is 0 Å². The highest BCUT2D eigenvalue weighted by atomic mass is 32.2. The Labute approximate surface area is 117 Å². The molecule has 1 aliphatic rings. The smallest absolute Gasteiger partial charge is 0.332 e. The number of urea groups is 1. The zero-order valence-electron chi connectivity index (χ0n) is 11.1. The number of aliphatic carboxylic acids is 1. The largest absolute Gasteiger partial charge is 0.479 e. The normalized spacial score (nSPS) is 18.8. The second kappa shape index (κ2) is 7.59. The number of amides is 2. The molecule has 1 atom stereocenters. The van der Waals surface area contributed by atoms with Crippen LogP contribution in [0.4, 0.5) is 4.79 Å². The van der Waals surface area contributed by atoms with Gasteiger partial charge in [0.05, 0.1) is 0 Å². The van der Waals surface area contributed by atoms with Crippen molar-refractivity contribution in [3.05, 3.63) is 0 Å². The van der Waals surface area contributed by atoms with Crippen LogP contribution in [-0.4, -0.2) is 52.4 Å². The molecule has 1 unspecified atom stereocenters. The number of thioether (sulfide) groups is 1. The Balaban J connectivity index is 2.19. The first-order valence-electron chi connectivity index (χ1n) is 6.47. The molecule has 0 aromatic carbocycles. The minimum atomic E-state index is -1.42. The molecule has 1 aliphatic carbocycles. The molecular formula is C12H22N2O4S. The van der Waals surface area contributed by atoms with E-state index in [1.807, 2.05) is 0 Å². The van der Waals surface area contributed by atoms with Gasteiger partial charge in [-0.05, 0) is 19.1 Å². The van der Waals surface area contributed by atoms with Gasteiger partial charge < -0.3 is 20.8 Å². The van der Waals surface area contributed by atoms with Crippen molar-refractivity contribution in [3.8, 4) is 0 Å². The Kier molecular flexibility index (Phi) is 6.44. The van der Waals surface area contributed by atoms with E-state index in [1.165, 1.54) is 12.8 Å². The molecule has 1 fully saturated rings. The molecule has 1 saturated carbocycles. The maximum Gasteiger partial charge on any atom is 0.332 e. The number of aliphatic hydroxyl groups is 1. The summed E-state index contributed by atoms with van der Waals surface area (Å²) in [6, 6.07) is -0.307. The molecule has 1 rings (SSSR count). The van der Waals surface area contributed by atoms with Gasteiger partial charge in [0.15, 0.2) is 6.10 Å². The molecule has 7 heteroatoms. The predicted octanol–water partition coefficient (Wildman–Crippen LogP) is 0.797. The zero-order valence-corrected chi connectivity index (χ0v) is 12.0. The summed E-state index contributed by atoms with van der Waals surface area (Å²) < 4.78 is 0.151.